The Bertz CT molecular complexity index is 1400. The largest absolute Gasteiger partial charge is 0.481 e. The molecular formula is C41H72FN7O9. The Morgan fingerprint density at radius 3 is 1.86 bits per heavy atom. The summed E-state index contributed by atoms with van der Waals surface area (Å²) in [5, 5.41) is 45.2. The highest BCUT2D eigenvalue weighted by atomic mass is 19.1. The summed E-state index contributed by atoms with van der Waals surface area (Å²) in [5.74, 6) is -2.45. The molecule has 0 aliphatic carbocycles. The highest BCUT2D eigenvalue weighted by Gasteiger charge is 2.26. The van der Waals surface area contributed by atoms with Crippen LogP contribution in [0.25, 0.3) is 0 Å². The molecule has 332 valence electrons. The van der Waals surface area contributed by atoms with Gasteiger partial charge >= 0.3 is 23.9 Å². The molecule has 7 N–H and O–H groups in total. The number of aliphatic carboxylic acids is 4. The Hall–Kier alpha value is -4.64. The van der Waals surface area contributed by atoms with Crippen molar-refractivity contribution in [2.24, 2.45) is 16.1 Å². The number of carboxylic acid groups (broad SMARTS) is 4. The molecule has 2 atom stereocenters. The second kappa shape index (κ2) is 34.4. The zero-order valence-electron chi connectivity index (χ0n) is 36.1. The van der Waals surface area contributed by atoms with Gasteiger partial charge in [0.1, 0.15) is 17.7 Å². The van der Waals surface area contributed by atoms with Crippen molar-refractivity contribution in [3.05, 3.63) is 35.1 Å². The minimum atomic E-state index is -1.03. The van der Waals surface area contributed by atoms with Crippen LogP contribution in [0.1, 0.15) is 144 Å². The van der Waals surface area contributed by atoms with Gasteiger partial charge in [-0.2, -0.15) is 10.2 Å². The maximum Gasteiger partial charge on any atom is 0.320 e. The van der Waals surface area contributed by atoms with Crippen LogP contribution in [0.15, 0.2) is 28.4 Å². The molecule has 0 bridgehead atoms. The first-order valence-corrected chi connectivity index (χ1v) is 20.5. The summed E-state index contributed by atoms with van der Waals surface area (Å²) in [4.78, 5) is 58.0. The van der Waals surface area contributed by atoms with E-state index in [0.29, 0.717) is 55.4 Å². The van der Waals surface area contributed by atoms with Crippen LogP contribution in [0.2, 0.25) is 0 Å². The molecule has 1 heterocycles. The number of hydrogen-bond donors (Lipinski definition) is 7. The van der Waals surface area contributed by atoms with Crippen molar-refractivity contribution in [1.29, 1.82) is 0 Å². The Morgan fingerprint density at radius 2 is 1.38 bits per heavy atom. The number of unbranched alkanes of at least 4 members (excludes halogenated alkanes) is 3. The molecule has 1 aromatic carbocycles. The van der Waals surface area contributed by atoms with Crippen molar-refractivity contribution in [3.8, 4) is 0 Å². The van der Waals surface area contributed by atoms with E-state index in [1.165, 1.54) is 50.7 Å². The molecule has 2 rings (SSSR count). The average Bonchev–Trinajstić information content (AvgIpc) is 3.18. The van der Waals surface area contributed by atoms with Gasteiger partial charge in [-0.05, 0) is 69.0 Å². The van der Waals surface area contributed by atoms with Crippen molar-refractivity contribution in [2.45, 2.75) is 145 Å². The number of hydrogen-bond acceptors (Lipinski definition) is 11. The predicted molar refractivity (Wildman–Crippen MR) is 225 cm³/mol. The molecule has 0 fully saturated rings. The van der Waals surface area contributed by atoms with Crippen molar-refractivity contribution in [2.75, 3.05) is 32.7 Å². The van der Waals surface area contributed by atoms with Gasteiger partial charge in [0, 0.05) is 44.5 Å². The lowest BCUT2D eigenvalue weighted by atomic mass is 10.0. The molecule has 0 radical (unpaired) electrons. The predicted octanol–water partition coefficient (Wildman–Crippen LogP) is 6.34. The SMILES string of the molecule is CCC(=O)O.CCC(=O)O.CCCCCCC(C)CC.CCCN(CCN(CCC)C(CCC(=O)NCc1cc(F)cc(C2=NNC(C)=NN2)c1)C(=O)O)CC(=O)O. The van der Waals surface area contributed by atoms with E-state index in [4.69, 9.17) is 15.3 Å². The van der Waals surface area contributed by atoms with Crippen molar-refractivity contribution < 1.29 is 48.8 Å². The van der Waals surface area contributed by atoms with Crippen LogP contribution < -0.4 is 16.2 Å². The van der Waals surface area contributed by atoms with Gasteiger partial charge in [-0.1, -0.05) is 87.0 Å². The highest BCUT2D eigenvalue weighted by molar-refractivity contribution is 6.01. The number of carbonyl (C=O) groups excluding carboxylic acids is 1. The van der Waals surface area contributed by atoms with E-state index in [-0.39, 0.29) is 44.7 Å². The first kappa shape index (κ1) is 55.5. The molecule has 1 aliphatic rings. The average molecular weight is 826 g/mol. The van der Waals surface area contributed by atoms with Gasteiger partial charge in [-0.15, -0.1) is 0 Å². The topological polar surface area (TPSA) is 234 Å². The quantitative estimate of drug-likeness (QED) is 0.0535. The number of amides is 1. The number of amidine groups is 2. The molecule has 1 amide bonds. The molecule has 0 saturated carbocycles. The smallest absolute Gasteiger partial charge is 0.320 e. The van der Waals surface area contributed by atoms with E-state index in [1.807, 2.05) is 13.8 Å². The molecule has 2 unspecified atom stereocenters. The number of carboxylic acids is 4. The zero-order valence-corrected chi connectivity index (χ0v) is 36.1. The fourth-order valence-corrected chi connectivity index (χ4v) is 5.24. The van der Waals surface area contributed by atoms with Crippen LogP contribution in [-0.4, -0.2) is 110 Å². The minimum Gasteiger partial charge on any atom is -0.481 e. The number of nitrogens with one attached hydrogen (secondary N) is 3. The molecule has 0 aromatic heterocycles. The minimum absolute atomic E-state index is 0.0284. The Balaban J connectivity index is 0. The third kappa shape index (κ3) is 29.6. The number of nitrogens with zero attached hydrogens (tertiary/aromatic N) is 4. The van der Waals surface area contributed by atoms with Gasteiger partial charge in [-0.25, -0.2) is 4.39 Å². The first-order chi connectivity index (χ1) is 27.5. The summed E-state index contributed by atoms with van der Waals surface area (Å²) in [6, 6.07) is 3.39. The number of benzene rings is 1. The lowest BCUT2D eigenvalue weighted by molar-refractivity contribution is -0.144. The van der Waals surface area contributed by atoms with E-state index in [2.05, 4.69) is 47.1 Å². The van der Waals surface area contributed by atoms with E-state index in [1.54, 1.807) is 36.6 Å². The van der Waals surface area contributed by atoms with Gasteiger partial charge in [0.05, 0.1) is 6.54 Å². The Morgan fingerprint density at radius 1 is 0.759 bits per heavy atom. The fraction of sp³-hybridized carbons (Fsp3) is 0.683. The van der Waals surface area contributed by atoms with Gasteiger partial charge in [0.2, 0.25) is 5.91 Å². The second-order valence-corrected chi connectivity index (χ2v) is 14.0. The summed E-state index contributed by atoms with van der Waals surface area (Å²) >= 11 is 0. The molecule has 58 heavy (non-hydrogen) atoms. The molecule has 17 heteroatoms. The fourth-order valence-electron chi connectivity index (χ4n) is 5.24. The first-order valence-electron chi connectivity index (χ1n) is 20.5. The summed E-state index contributed by atoms with van der Waals surface area (Å²) in [6.45, 7) is 17.6. The van der Waals surface area contributed by atoms with Gasteiger partial charge in [-0.3, -0.25) is 44.6 Å². The van der Waals surface area contributed by atoms with E-state index < -0.39 is 35.7 Å². The van der Waals surface area contributed by atoms with Crippen molar-refractivity contribution in [3.63, 3.8) is 0 Å². The Labute approximate surface area is 344 Å². The maximum atomic E-state index is 14.2. The molecular weight excluding hydrogens is 753 g/mol. The second-order valence-electron chi connectivity index (χ2n) is 14.0. The number of hydrazone groups is 2. The summed E-state index contributed by atoms with van der Waals surface area (Å²) in [5.41, 5.74) is 6.41. The zero-order chi connectivity index (χ0) is 44.5. The highest BCUT2D eigenvalue weighted by Crippen LogP contribution is 2.14. The third-order valence-electron chi connectivity index (χ3n) is 8.72. The molecule has 16 nitrogen and oxygen atoms in total. The molecule has 1 aromatic rings. The van der Waals surface area contributed by atoms with Gasteiger partial charge in [0.25, 0.3) is 0 Å². The Kier molecular flexibility index (Phi) is 32.9. The summed E-state index contributed by atoms with van der Waals surface area (Å²) in [6.07, 6.45) is 10.5. The third-order valence-corrected chi connectivity index (χ3v) is 8.72. The van der Waals surface area contributed by atoms with E-state index in [9.17, 15) is 33.5 Å². The standard InChI is InChI=1S/C25H38FN7O5.C10H22.2C3H6O2/c1-4-8-32(16-23(35)36)10-11-33(9-5-2)21(25(37)38)6-7-22(34)27-15-18-12-19(14-20(26)13-18)24-30-28-17(3)29-31-24;1-4-6-7-8-9-10(3)5-2;2*1-2-3(4)5/h12-14,21H,4-11,15-16H2,1-3H3,(H,27,34)(H,28,29)(H,30,31)(H,35,36)(H,37,38);10H,4-9H2,1-3H3;2*2H2,1H3,(H,4,5). The number of halogens is 1. The lowest BCUT2D eigenvalue weighted by Crippen LogP contribution is -2.46. The van der Waals surface area contributed by atoms with Crippen LogP contribution in [0.5, 0.6) is 0 Å². The van der Waals surface area contributed by atoms with Crippen molar-refractivity contribution >= 4 is 41.5 Å². The van der Waals surface area contributed by atoms with Gasteiger partial charge in [0.15, 0.2) is 5.84 Å². The molecule has 1 aliphatic heterocycles. The van der Waals surface area contributed by atoms with E-state index in [0.717, 1.165) is 12.3 Å². The van der Waals surface area contributed by atoms with Crippen LogP contribution in [-0.2, 0) is 30.5 Å². The number of rotatable bonds is 25. The molecule has 0 spiro atoms. The van der Waals surface area contributed by atoms with Gasteiger partial charge < -0.3 is 25.7 Å². The normalized spacial score (nSPS) is 12.7. The monoisotopic (exact) mass is 826 g/mol. The summed E-state index contributed by atoms with van der Waals surface area (Å²) < 4.78 is 14.2. The van der Waals surface area contributed by atoms with Crippen molar-refractivity contribution in [1.82, 2.24) is 26.0 Å². The van der Waals surface area contributed by atoms with E-state index >= 15 is 0 Å². The summed E-state index contributed by atoms with van der Waals surface area (Å²) in [7, 11) is 0. The van der Waals surface area contributed by atoms with Crippen LogP contribution >= 0.6 is 0 Å². The van der Waals surface area contributed by atoms with Crippen LogP contribution in [0.4, 0.5) is 4.39 Å². The number of carbonyl (C=O) groups is 5. The van der Waals surface area contributed by atoms with Crippen LogP contribution in [0.3, 0.4) is 0 Å². The maximum absolute atomic E-state index is 14.2. The molecule has 0 saturated heterocycles. The van der Waals surface area contributed by atoms with Crippen LogP contribution in [0, 0.1) is 11.7 Å². The lowest BCUT2D eigenvalue weighted by Gasteiger charge is -2.31.